The number of rotatable bonds is 9. The number of amides is 1. The van der Waals surface area contributed by atoms with Crippen molar-refractivity contribution in [3.8, 4) is 0 Å². The van der Waals surface area contributed by atoms with Gasteiger partial charge in [0.25, 0.3) is 0 Å². The monoisotopic (exact) mass is 758 g/mol. The average molecular weight is 758 g/mol. The minimum Gasteiger partial charge on any atom is -0.347 e. The van der Waals surface area contributed by atoms with Crippen LogP contribution < -0.4 is 0 Å². The summed E-state index contributed by atoms with van der Waals surface area (Å²) in [5.74, 6) is 0.359. The Hall–Kier alpha value is -1.07. The molecule has 0 N–H and O–H groups in total. The molecule has 0 rings (SSSR count). The van der Waals surface area contributed by atoms with Crippen LogP contribution in [-0.2, 0) is 19.6 Å². The summed E-state index contributed by atoms with van der Waals surface area (Å²) in [4.78, 5) is 30.9. The van der Waals surface area contributed by atoms with E-state index in [4.69, 9.17) is 0 Å². The summed E-state index contributed by atoms with van der Waals surface area (Å²) in [6.07, 6.45) is 6.20. The van der Waals surface area contributed by atoms with Gasteiger partial charge in [0, 0.05) is 45.3 Å². The van der Waals surface area contributed by atoms with Gasteiger partial charge in [-0.2, -0.15) is 0 Å². The Morgan fingerprint density at radius 2 is 0.725 bits per heavy atom. The van der Waals surface area contributed by atoms with Gasteiger partial charge >= 0.3 is 0 Å². The molecule has 0 spiro atoms. The van der Waals surface area contributed by atoms with Crippen molar-refractivity contribution >= 4 is 21.7 Å². The standard InChI is InChI=1S/C10H22N2O.C9H19NO.C5H13NO2S.C5H13N.4C3H8/c1-8(2)12(7)10(3,4)9(13)11(5)6;1-7(2)10(6)9(4,5)8(3)11;1-5(2)6(3)9(4,7)8;1-5(2)6(3)4;4*1-3-2/h8H,1-7H3;7H,1-6H3;5H,1-4H3;5H,1-4H3;4*3H2,1-2H3. The molecule has 10 heteroatoms. The zero-order valence-electron chi connectivity index (χ0n) is 40.4. The number of carbonyl (C=O) groups is 2. The van der Waals surface area contributed by atoms with Crippen LogP contribution in [0.4, 0.5) is 0 Å². The van der Waals surface area contributed by atoms with Crippen molar-refractivity contribution in [1.29, 1.82) is 0 Å². The summed E-state index contributed by atoms with van der Waals surface area (Å²) in [5, 5.41) is 0. The van der Waals surface area contributed by atoms with Gasteiger partial charge in [0.15, 0.2) is 0 Å². The number of likely N-dealkylation sites (N-methyl/N-ethyl adjacent to an activating group) is 3. The minimum absolute atomic E-state index is 0.0556. The molecule has 9 nitrogen and oxygen atoms in total. The first kappa shape index (κ1) is 68.0. The first-order valence-electron chi connectivity index (χ1n) is 19.4. The summed E-state index contributed by atoms with van der Waals surface area (Å²) < 4.78 is 22.7. The normalized spacial score (nSPS) is 10.9. The third-order valence-electron chi connectivity index (χ3n) is 7.39. The number of carbonyl (C=O) groups excluding carboxylic acids is 2. The summed E-state index contributed by atoms with van der Waals surface area (Å²) >= 11 is 0. The Morgan fingerprint density at radius 1 is 0.510 bits per heavy atom. The molecule has 0 aromatic heterocycles. The average Bonchev–Trinajstić information content (AvgIpc) is 2.97. The van der Waals surface area contributed by atoms with Crippen molar-refractivity contribution in [3.63, 3.8) is 0 Å². The lowest BCUT2D eigenvalue weighted by atomic mass is 9.97. The molecule has 0 aromatic carbocycles. The van der Waals surface area contributed by atoms with E-state index in [-0.39, 0.29) is 23.3 Å². The van der Waals surface area contributed by atoms with Gasteiger partial charge in [-0.3, -0.25) is 19.4 Å². The fourth-order valence-electron chi connectivity index (χ4n) is 2.62. The van der Waals surface area contributed by atoms with Crippen LogP contribution in [-0.4, -0.2) is 135 Å². The van der Waals surface area contributed by atoms with Crippen molar-refractivity contribution in [2.75, 3.05) is 55.6 Å². The molecule has 1 amide bonds. The lowest BCUT2D eigenvalue weighted by Crippen LogP contribution is -2.55. The van der Waals surface area contributed by atoms with Crippen LogP contribution in [0.5, 0.6) is 0 Å². The van der Waals surface area contributed by atoms with Crippen molar-refractivity contribution in [2.45, 2.75) is 206 Å². The van der Waals surface area contributed by atoms with Crippen LogP contribution >= 0.6 is 0 Å². The molecule has 0 bridgehead atoms. The minimum atomic E-state index is -2.97. The molecular formula is C41H99N5O4S. The molecule has 0 atom stereocenters. The first-order chi connectivity index (χ1) is 22.7. The molecule has 0 aromatic rings. The Labute approximate surface area is 324 Å². The van der Waals surface area contributed by atoms with Crippen LogP contribution in [0.3, 0.4) is 0 Å². The van der Waals surface area contributed by atoms with Crippen molar-refractivity contribution < 1.29 is 18.0 Å². The predicted molar refractivity (Wildman–Crippen MR) is 234 cm³/mol. The van der Waals surface area contributed by atoms with Crippen LogP contribution in [0.2, 0.25) is 0 Å². The SMILES string of the molecule is CC(=O)C(C)(C)N(C)C(C)C.CC(C)N(C)C.CC(C)N(C)C(C)(C)C(=O)N(C)C.CC(C)N(C)S(C)(=O)=O.CCC.CCC.CCC.CCC. The Bertz CT molecular complexity index is 840. The van der Waals surface area contributed by atoms with Gasteiger partial charge in [0.1, 0.15) is 5.78 Å². The third-order valence-corrected chi connectivity index (χ3v) is 8.85. The van der Waals surface area contributed by atoms with Crippen LogP contribution in [0.1, 0.15) is 171 Å². The highest BCUT2D eigenvalue weighted by atomic mass is 32.2. The van der Waals surface area contributed by atoms with Gasteiger partial charge in [-0.05, 0) is 118 Å². The maximum Gasteiger partial charge on any atom is 0.242 e. The lowest BCUT2D eigenvalue weighted by Gasteiger charge is -2.38. The van der Waals surface area contributed by atoms with Gasteiger partial charge in [-0.1, -0.05) is 81.1 Å². The quantitative estimate of drug-likeness (QED) is 0.232. The third kappa shape index (κ3) is 45.0. The van der Waals surface area contributed by atoms with Crippen molar-refractivity contribution in [2.24, 2.45) is 0 Å². The predicted octanol–water partition coefficient (Wildman–Crippen LogP) is 9.80. The maximum atomic E-state index is 11.8. The second-order valence-corrected chi connectivity index (χ2v) is 17.6. The molecule has 0 fully saturated rings. The summed E-state index contributed by atoms with van der Waals surface area (Å²) in [6, 6.07) is 1.53. The van der Waals surface area contributed by atoms with E-state index in [1.807, 2.05) is 55.6 Å². The van der Waals surface area contributed by atoms with E-state index >= 15 is 0 Å². The second kappa shape index (κ2) is 38.6. The number of hydrogen-bond donors (Lipinski definition) is 0. The van der Waals surface area contributed by atoms with Crippen LogP contribution in [0.15, 0.2) is 0 Å². The highest BCUT2D eigenvalue weighted by Gasteiger charge is 2.34. The fourth-order valence-corrected chi connectivity index (χ4v) is 3.39. The number of nitrogens with zero attached hydrogens (tertiary/aromatic N) is 5. The topological polar surface area (TPSA) is 84.5 Å². The van der Waals surface area contributed by atoms with Crippen molar-refractivity contribution in [3.05, 3.63) is 0 Å². The number of sulfonamides is 1. The second-order valence-electron chi connectivity index (χ2n) is 15.5. The largest absolute Gasteiger partial charge is 0.347 e. The molecule has 51 heavy (non-hydrogen) atoms. The van der Waals surface area contributed by atoms with Gasteiger partial charge in [0.05, 0.1) is 17.3 Å². The van der Waals surface area contributed by atoms with E-state index in [0.29, 0.717) is 18.1 Å². The Kier molecular flexibility index (Phi) is 51.5. The molecule has 0 heterocycles. The van der Waals surface area contributed by atoms with E-state index in [9.17, 15) is 18.0 Å². The highest BCUT2D eigenvalue weighted by molar-refractivity contribution is 7.88. The van der Waals surface area contributed by atoms with Gasteiger partial charge in [-0.15, -0.1) is 0 Å². The van der Waals surface area contributed by atoms with Crippen LogP contribution in [0.25, 0.3) is 0 Å². The maximum absolute atomic E-state index is 11.8. The van der Waals surface area contributed by atoms with Crippen molar-refractivity contribution in [1.82, 2.24) is 23.9 Å². The van der Waals surface area contributed by atoms with Gasteiger partial charge in [-0.25, -0.2) is 12.7 Å². The molecule has 0 aliphatic rings. The molecule has 0 saturated carbocycles. The smallest absolute Gasteiger partial charge is 0.242 e. The number of ketones is 1. The molecule has 0 unspecified atom stereocenters. The number of hydrogen-bond acceptors (Lipinski definition) is 7. The lowest BCUT2D eigenvalue weighted by molar-refractivity contribution is -0.140. The fraction of sp³-hybridized carbons (Fsp3) is 0.951. The zero-order valence-corrected chi connectivity index (χ0v) is 41.2. The molecule has 0 saturated heterocycles. The van der Waals surface area contributed by atoms with Gasteiger partial charge in [0.2, 0.25) is 15.9 Å². The van der Waals surface area contributed by atoms with E-state index in [0.717, 1.165) is 0 Å². The van der Waals surface area contributed by atoms with Crippen LogP contribution in [0, 0.1) is 0 Å². The summed E-state index contributed by atoms with van der Waals surface area (Å²) in [5.41, 5.74) is -0.744. The van der Waals surface area contributed by atoms with E-state index < -0.39 is 15.6 Å². The summed E-state index contributed by atoms with van der Waals surface area (Å²) in [6.45, 7) is 42.8. The first-order valence-corrected chi connectivity index (χ1v) is 21.3. The van der Waals surface area contributed by atoms with E-state index in [2.05, 4.69) is 126 Å². The van der Waals surface area contributed by atoms with E-state index in [1.165, 1.54) is 36.2 Å². The molecule has 318 valence electrons. The van der Waals surface area contributed by atoms with Gasteiger partial charge < -0.3 is 9.80 Å². The molecule has 0 aliphatic carbocycles. The zero-order chi connectivity index (χ0) is 43.7. The van der Waals surface area contributed by atoms with E-state index in [1.54, 1.807) is 33.0 Å². The Balaban J connectivity index is -0.0000000741. The molecule has 0 aliphatic heterocycles. The highest BCUT2D eigenvalue weighted by Crippen LogP contribution is 2.17. The molecule has 0 radical (unpaired) electrons. The number of Topliss-reactive ketones (excluding diaryl/α,β-unsaturated/α-hetero) is 1. The molecular weight excluding hydrogens is 659 g/mol. The Morgan fingerprint density at radius 3 is 0.804 bits per heavy atom. The summed E-state index contributed by atoms with van der Waals surface area (Å²) in [7, 11) is 10.3.